The predicted octanol–water partition coefficient (Wildman–Crippen LogP) is 14.4. The second-order valence-corrected chi connectivity index (χ2v) is 13.7. The van der Waals surface area contributed by atoms with E-state index in [2.05, 4.69) is 182 Å². The van der Waals surface area contributed by atoms with E-state index in [1.807, 2.05) is 0 Å². The van der Waals surface area contributed by atoms with Gasteiger partial charge in [0.1, 0.15) is 11.2 Å². The first kappa shape index (κ1) is 28.2. The van der Waals surface area contributed by atoms with Gasteiger partial charge in [-0.15, -0.1) is 0 Å². The molecule has 1 nitrogen and oxygen atoms in total. The fourth-order valence-electron chi connectivity index (χ4n) is 8.30. The lowest BCUT2D eigenvalue weighted by molar-refractivity contribution is 0.669. The SMILES string of the molecule is c1ccc2c(c1)cc(-c1ccc3cc(-c4ccc5c(c4)oc4cc(-c6cc7ccccc7c7ccccc67)ccc45)ccc3c1)c1ccccc12. The topological polar surface area (TPSA) is 13.1 Å². The van der Waals surface area contributed by atoms with Gasteiger partial charge in [-0.3, -0.25) is 0 Å². The number of hydrogen-bond donors (Lipinski definition) is 0. The third-order valence-electron chi connectivity index (χ3n) is 10.8. The van der Waals surface area contributed by atoms with E-state index >= 15 is 0 Å². The Kier molecular flexibility index (Phi) is 6.02. The van der Waals surface area contributed by atoms with Crippen molar-refractivity contribution in [2.24, 2.45) is 0 Å². The minimum Gasteiger partial charge on any atom is -0.456 e. The van der Waals surface area contributed by atoms with Gasteiger partial charge in [0.15, 0.2) is 0 Å². The molecule has 0 atom stereocenters. The van der Waals surface area contributed by atoms with Gasteiger partial charge in [0.2, 0.25) is 0 Å². The number of fused-ring (bicyclic) bond motifs is 10. The van der Waals surface area contributed by atoms with E-state index in [1.165, 1.54) is 76.1 Å². The minimum absolute atomic E-state index is 0.904. The zero-order chi connectivity index (χ0) is 33.5. The summed E-state index contributed by atoms with van der Waals surface area (Å²) < 4.78 is 6.59. The van der Waals surface area contributed by atoms with Gasteiger partial charge < -0.3 is 4.42 Å². The van der Waals surface area contributed by atoms with Crippen LogP contribution in [0.3, 0.4) is 0 Å². The summed E-state index contributed by atoms with van der Waals surface area (Å²) >= 11 is 0. The van der Waals surface area contributed by atoms with Crippen LogP contribution in [0.1, 0.15) is 0 Å². The van der Waals surface area contributed by atoms with Crippen molar-refractivity contribution in [3.8, 4) is 33.4 Å². The highest BCUT2D eigenvalue weighted by molar-refractivity contribution is 6.16. The molecule has 0 amide bonds. The summed E-state index contributed by atoms with van der Waals surface area (Å²) in [4.78, 5) is 0. The first-order chi connectivity index (χ1) is 25.2. The van der Waals surface area contributed by atoms with Gasteiger partial charge in [-0.05, 0) is 136 Å². The molecule has 0 unspecified atom stereocenters. The molecule has 0 aliphatic carbocycles. The molecule has 0 saturated heterocycles. The molecule has 236 valence electrons. The summed E-state index contributed by atoms with van der Waals surface area (Å²) in [6.07, 6.45) is 0. The molecule has 0 spiro atoms. The zero-order valence-corrected chi connectivity index (χ0v) is 27.7. The van der Waals surface area contributed by atoms with Crippen LogP contribution >= 0.6 is 0 Å². The minimum atomic E-state index is 0.904. The van der Waals surface area contributed by atoms with E-state index < -0.39 is 0 Å². The van der Waals surface area contributed by atoms with E-state index in [0.29, 0.717) is 0 Å². The first-order valence-corrected chi connectivity index (χ1v) is 17.6. The Labute approximate surface area is 294 Å². The maximum Gasteiger partial charge on any atom is 0.136 e. The van der Waals surface area contributed by atoms with Crippen molar-refractivity contribution in [3.63, 3.8) is 0 Å². The molecule has 0 aliphatic rings. The van der Waals surface area contributed by atoms with E-state index in [9.17, 15) is 0 Å². The maximum absolute atomic E-state index is 6.59. The molecule has 0 fully saturated rings. The van der Waals surface area contributed by atoms with Gasteiger partial charge >= 0.3 is 0 Å². The first-order valence-electron chi connectivity index (χ1n) is 17.6. The van der Waals surface area contributed by atoms with Crippen LogP contribution < -0.4 is 0 Å². The van der Waals surface area contributed by atoms with Gasteiger partial charge in [-0.1, -0.05) is 133 Å². The Balaban J connectivity index is 0.978. The monoisotopic (exact) mass is 646 g/mol. The molecule has 11 aromatic rings. The summed E-state index contributed by atoms with van der Waals surface area (Å²) in [6.45, 7) is 0. The smallest absolute Gasteiger partial charge is 0.136 e. The van der Waals surface area contributed by atoms with Crippen molar-refractivity contribution in [2.45, 2.75) is 0 Å². The lowest BCUT2D eigenvalue weighted by atomic mass is 9.92. The van der Waals surface area contributed by atoms with Gasteiger partial charge in [0.25, 0.3) is 0 Å². The Hall–Kier alpha value is -6.70. The molecular formula is C50H30O. The fourth-order valence-corrected chi connectivity index (χ4v) is 8.30. The van der Waals surface area contributed by atoms with Crippen LogP contribution in [0.2, 0.25) is 0 Å². The number of rotatable bonds is 3. The highest BCUT2D eigenvalue weighted by Gasteiger charge is 2.14. The average molecular weight is 647 g/mol. The molecule has 0 radical (unpaired) electrons. The number of hydrogen-bond acceptors (Lipinski definition) is 1. The maximum atomic E-state index is 6.59. The molecule has 10 aromatic carbocycles. The Morgan fingerprint density at radius 2 is 0.627 bits per heavy atom. The van der Waals surface area contributed by atoms with Crippen molar-refractivity contribution in [3.05, 3.63) is 182 Å². The summed E-state index contributed by atoms with van der Waals surface area (Å²) in [5.41, 5.74) is 9.02. The van der Waals surface area contributed by atoms with Crippen molar-refractivity contribution in [2.75, 3.05) is 0 Å². The summed E-state index contributed by atoms with van der Waals surface area (Å²) in [7, 11) is 0. The van der Waals surface area contributed by atoms with Crippen molar-refractivity contribution in [1.82, 2.24) is 0 Å². The Bertz CT molecular complexity index is 3200. The Morgan fingerprint density at radius 1 is 0.235 bits per heavy atom. The van der Waals surface area contributed by atoms with Crippen LogP contribution in [0.4, 0.5) is 0 Å². The van der Waals surface area contributed by atoms with Gasteiger partial charge in [0.05, 0.1) is 0 Å². The lowest BCUT2D eigenvalue weighted by Crippen LogP contribution is -1.85. The van der Waals surface area contributed by atoms with Gasteiger partial charge in [-0.25, -0.2) is 0 Å². The molecule has 0 aliphatic heterocycles. The van der Waals surface area contributed by atoms with E-state index in [4.69, 9.17) is 4.42 Å². The second kappa shape index (κ2) is 10.9. The van der Waals surface area contributed by atoms with Crippen LogP contribution in [-0.2, 0) is 0 Å². The van der Waals surface area contributed by atoms with Crippen molar-refractivity contribution in [1.29, 1.82) is 0 Å². The normalized spacial score (nSPS) is 11.9. The summed E-state index contributed by atoms with van der Waals surface area (Å²) in [6, 6.07) is 66.3. The highest BCUT2D eigenvalue weighted by Crippen LogP contribution is 2.40. The van der Waals surface area contributed by atoms with Crippen LogP contribution in [0, 0.1) is 0 Å². The third kappa shape index (κ3) is 4.42. The van der Waals surface area contributed by atoms with Crippen LogP contribution in [0.5, 0.6) is 0 Å². The molecule has 0 N–H and O–H groups in total. The van der Waals surface area contributed by atoms with E-state index in [1.54, 1.807) is 0 Å². The van der Waals surface area contributed by atoms with Gasteiger partial charge in [0, 0.05) is 10.8 Å². The Morgan fingerprint density at radius 3 is 1.22 bits per heavy atom. The largest absolute Gasteiger partial charge is 0.456 e. The molecular weight excluding hydrogens is 617 g/mol. The zero-order valence-electron chi connectivity index (χ0n) is 27.7. The molecule has 1 heterocycles. The quantitative estimate of drug-likeness (QED) is 0.174. The summed E-state index contributed by atoms with van der Waals surface area (Å²) in [5, 5.41) is 14.9. The number of furan rings is 1. The molecule has 51 heavy (non-hydrogen) atoms. The molecule has 0 bridgehead atoms. The summed E-state index contributed by atoms with van der Waals surface area (Å²) in [5.74, 6) is 0. The lowest BCUT2D eigenvalue weighted by Gasteiger charge is -2.12. The molecule has 11 rings (SSSR count). The third-order valence-corrected chi connectivity index (χ3v) is 10.8. The number of benzene rings is 10. The second-order valence-electron chi connectivity index (χ2n) is 13.7. The van der Waals surface area contributed by atoms with Crippen molar-refractivity contribution >= 4 is 75.8 Å². The van der Waals surface area contributed by atoms with Gasteiger partial charge in [-0.2, -0.15) is 0 Å². The van der Waals surface area contributed by atoms with Crippen LogP contribution in [0.15, 0.2) is 186 Å². The average Bonchev–Trinajstić information content (AvgIpc) is 3.57. The molecule has 0 saturated carbocycles. The predicted molar refractivity (Wildman–Crippen MR) is 218 cm³/mol. The standard InChI is InChI=1S/C50H30O/c1-3-11-39-35(9-1)27-47(43-15-7-5-13-41(39)43)37-20-19-31-25-32(17-18-33(31)26-37)34-21-23-45-46-24-22-38(30-50(46)51-49(45)29-34)48-28-36-10-2-4-12-40(36)42-14-6-8-16-44(42)48/h1-30H. The van der Waals surface area contributed by atoms with Crippen molar-refractivity contribution < 1.29 is 4.42 Å². The van der Waals surface area contributed by atoms with E-state index in [0.717, 1.165) is 33.1 Å². The molecule has 1 aromatic heterocycles. The van der Waals surface area contributed by atoms with Crippen LogP contribution in [-0.4, -0.2) is 0 Å². The molecule has 1 heteroatoms. The van der Waals surface area contributed by atoms with E-state index in [-0.39, 0.29) is 0 Å². The highest BCUT2D eigenvalue weighted by atomic mass is 16.3. The fraction of sp³-hybridized carbons (Fsp3) is 0. The van der Waals surface area contributed by atoms with Crippen LogP contribution in [0.25, 0.3) is 109 Å².